The van der Waals surface area contributed by atoms with E-state index >= 15 is 0 Å². The molecule has 0 atom stereocenters. The summed E-state index contributed by atoms with van der Waals surface area (Å²) in [5.41, 5.74) is 2.48. The Kier molecular flexibility index (Phi) is 5.01. The van der Waals surface area contributed by atoms with E-state index in [0.717, 1.165) is 22.9 Å². The number of halogens is 2. The molecule has 1 aromatic carbocycles. The highest BCUT2D eigenvalue weighted by Gasteiger charge is 2.26. The fraction of sp³-hybridized carbons (Fsp3) is 0.353. The minimum absolute atomic E-state index is 0.222. The monoisotopic (exact) mass is 379 g/mol. The molecule has 3 rings (SSSR count). The molecule has 2 heterocycles. The molecule has 25 heavy (non-hydrogen) atoms. The smallest absolute Gasteiger partial charge is 0.322 e. The number of fused-ring (bicyclic) bond motifs is 1. The number of aryl methyl sites for hydroxylation is 1. The van der Waals surface area contributed by atoms with Gasteiger partial charge in [0.05, 0.1) is 28.0 Å². The van der Waals surface area contributed by atoms with Crippen LogP contribution in [0.4, 0.5) is 16.3 Å². The first-order valence-corrected chi connectivity index (χ1v) is 8.66. The van der Waals surface area contributed by atoms with Crippen LogP contribution in [-0.2, 0) is 13.0 Å². The quantitative estimate of drug-likeness (QED) is 0.862. The average Bonchev–Trinajstić information content (AvgIpc) is 2.57. The molecular formula is C17H19Cl2N5O. The van der Waals surface area contributed by atoms with Crippen molar-refractivity contribution in [2.75, 3.05) is 30.9 Å². The lowest BCUT2D eigenvalue weighted by Gasteiger charge is -2.31. The number of urea groups is 1. The van der Waals surface area contributed by atoms with Gasteiger partial charge in [0.2, 0.25) is 0 Å². The number of nitrogens with zero attached hydrogens (tertiary/aromatic N) is 4. The van der Waals surface area contributed by atoms with Gasteiger partial charge in [-0.05, 0) is 19.1 Å². The van der Waals surface area contributed by atoms with Crippen molar-refractivity contribution in [1.82, 2.24) is 14.9 Å². The van der Waals surface area contributed by atoms with Crippen molar-refractivity contribution in [2.45, 2.75) is 19.9 Å². The summed E-state index contributed by atoms with van der Waals surface area (Å²) in [5, 5.41) is 3.57. The number of anilines is 2. The zero-order valence-corrected chi connectivity index (χ0v) is 15.8. The Morgan fingerprint density at radius 2 is 2.04 bits per heavy atom. The second-order valence-electron chi connectivity index (χ2n) is 6.12. The molecule has 0 saturated heterocycles. The van der Waals surface area contributed by atoms with Crippen molar-refractivity contribution in [3.05, 3.63) is 45.3 Å². The lowest BCUT2D eigenvalue weighted by molar-refractivity contribution is 0.206. The molecule has 0 spiro atoms. The van der Waals surface area contributed by atoms with Crippen LogP contribution in [0.15, 0.2) is 18.2 Å². The Hall–Kier alpha value is -2.05. The van der Waals surface area contributed by atoms with Crippen molar-refractivity contribution in [2.24, 2.45) is 0 Å². The van der Waals surface area contributed by atoms with Crippen LogP contribution in [0.25, 0.3) is 0 Å². The van der Waals surface area contributed by atoms with E-state index in [4.69, 9.17) is 23.2 Å². The molecular weight excluding hydrogens is 361 g/mol. The van der Waals surface area contributed by atoms with E-state index in [1.807, 2.05) is 25.9 Å². The van der Waals surface area contributed by atoms with Gasteiger partial charge in [-0.1, -0.05) is 29.3 Å². The third kappa shape index (κ3) is 3.65. The molecule has 2 amide bonds. The standard InChI is InChI=1S/C17H19Cl2N5O/c1-10-20-13-7-8-24(9-11(13)16(21-10)23(2)3)17(25)22-14-6-4-5-12(18)15(14)19/h4-6H,7-9H2,1-3H3,(H,22,25). The van der Waals surface area contributed by atoms with Gasteiger partial charge in [0.1, 0.15) is 11.6 Å². The summed E-state index contributed by atoms with van der Waals surface area (Å²) in [6.45, 7) is 2.92. The largest absolute Gasteiger partial charge is 0.362 e. The number of rotatable bonds is 2. The summed E-state index contributed by atoms with van der Waals surface area (Å²) in [4.78, 5) is 25.4. The summed E-state index contributed by atoms with van der Waals surface area (Å²) < 4.78 is 0. The van der Waals surface area contributed by atoms with Gasteiger partial charge in [0.15, 0.2) is 0 Å². The fourth-order valence-corrected chi connectivity index (χ4v) is 3.20. The molecule has 0 aliphatic carbocycles. The van der Waals surface area contributed by atoms with Gasteiger partial charge in [-0.3, -0.25) is 0 Å². The van der Waals surface area contributed by atoms with Gasteiger partial charge in [-0.25, -0.2) is 14.8 Å². The molecule has 6 nitrogen and oxygen atoms in total. The maximum atomic E-state index is 12.6. The zero-order valence-electron chi connectivity index (χ0n) is 14.3. The molecule has 1 aliphatic rings. The van der Waals surface area contributed by atoms with Gasteiger partial charge >= 0.3 is 6.03 Å². The van der Waals surface area contributed by atoms with Crippen LogP contribution in [0, 0.1) is 6.92 Å². The first-order valence-electron chi connectivity index (χ1n) is 7.90. The predicted molar refractivity (Wildman–Crippen MR) is 101 cm³/mol. The molecule has 0 saturated carbocycles. The number of hydrogen-bond donors (Lipinski definition) is 1. The van der Waals surface area contributed by atoms with Gasteiger partial charge in [0.25, 0.3) is 0 Å². The average molecular weight is 380 g/mol. The Morgan fingerprint density at radius 3 is 2.76 bits per heavy atom. The van der Waals surface area contributed by atoms with Crippen LogP contribution in [0.3, 0.4) is 0 Å². The van der Waals surface area contributed by atoms with Gasteiger partial charge < -0.3 is 15.1 Å². The molecule has 132 valence electrons. The molecule has 1 N–H and O–H groups in total. The van der Waals surface area contributed by atoms with E-state index in [2.05, 4.69) is 15.3 Å². The van der Waals surface area contributed by atoms with E-state index < -0.39 is 0 Å². The van der Waals surface area contributed by atoms with E-state index in [-0.39, 0.29) is 6.03 Å². The second-order valence-corrected chi connectivity index (χ2v) is 6.90. The summed E-state index contributed by atoms with van der Waals surface area (Å²) in [6, 6.07) is 4.93. The van der Waals surface area contributed by atoms with Gasteiger partial charge in [-0.2, -0.15) is 0 Å². The predicted octanol–water partition coefficient (Wildman–Crippen LogP) is 3.75. The van der Waals surface area contributed by atoms with E-state index in [1.165, 1.54) is 0 Å². The minimum Gasteiger partial charge on any atom is -0.362 e. The maximum Gasteiger partial charge on any atom is 0.322 e. The zero-order chi connectivity index (χ0) is 18.1. The number of amides is 2. The van der Waals surface area contributed by atoms with Crippen LogP contribution in [-0.4, -0.2) is 41.5 Å². The molecule has 8 heteroatoms. The van der Waals surface area contributed by atoms with Gasteiger partial charge in [0, 0.05) is 32.6 Å². The van der Waals surface area contributed by atoms with Crippen LogP contribution in [0.1, 0.15) is 17.1 Å². The highest BCUT2D eigenvalue weighted by molar-refractivity contribution is 6.43. The molecule has 0 unspecified atom stereocenters. The number of nitrogens with one attached hydrogen (secondary N) is 1. The molecule has 0 radical (unpaired) electrons. The summed E-state index contributed by atoms with van der Waals surface area (Å²) in [5.74, 6) is 1.59. The third-order valence-corrected chi connectivity index (χ3v) is 4.87. The molecule has 0 fully saturated rings. The summed E-state index contributed by atoms with van der Waals surface area (Å²) in [7, 11) is 3.87. The second kappa shape index (κ2) is 7.06. The van der Waals surface area contributed by atoms with Crippen molar-refractivity contribution in [3.8, 4) is 0 Å². The van der Waals surface area contributed by atoms with Crippen LogP contribution >= 0.6 is 23.2 Å². The first-order chi connectivity index (χ1) is 11.9. The number of benzene rings is 1. The minimum atomic E-state index is -0.222. The Labute approximate surface area is 156 Å². The van der Waals surface area contributed by atoms with E-state index in [9.17, 15) is 4.79 Å². The Bertz CT molecular complexity index is 825. The van der Waals surface area contributed by atoms with E-state index in [0.29, 0.717) is 35.2 Å². The van der Waals surface area contributed by atoms with Gasteiger partial charge in [-0.15, -0.1) is 0 Å². The molecule has 1 aromatic heterocycles. The number of carbonyl (C=O) groups is 1. The van der Waals surface area contributed by atoms with Crippen LogP contribution in [0.5, 0.6) is 0 Å². The maximum absolute atomic E-state index is 12.6. The van der Waals surface area contributed by atoms with Crippen molar-refractivity contribution >= 4 is 40.7 Å². The SMILES string of the molecule is Cc1nc2c(c(N(C)C)n1)CN(C(=O)Nc1cccc(Cl)c1Cl)CC2. The van der Waals surface area contributed by atoms with E-state index in [1.54, 1.807) is 23.1 Å². The normalized spacial score (nSPS) is 13.4. The highest BCUT2D eigenvalue weighted by atomic mass is 35.5. The van der Waals surface area contributed by atoms with Crippen LogP contribution in [0.2, 0.25) is 10.0 Å². The molecule has 0 bridgehead atoms. The number of hydrogen-bond acceptors (Lipinski definition) is 4. The van der Waals surface area contributed by atoms with Crippen molar-refractivity contribution in [3.63, 3.8) is 0 Å². The topological polar surface area (TPSA) is 61.4 Å². The van der Waals surface area contributed by atoms with Crippen molar-refractivity contribution < 1.29 is 4.79 Å². The fourth-order valence-electron chi connectivity index (χ4n) is 2.85. The highest BCUT2D eigenvalue weighted by Crippen LogP contribution is 2.30. The first kappa shape index (κ1) is 17.8. The lowest BCUT2D eigenvalue weighted by atomic mass is 10.1. The van der Waals surface area contributed by atoms with Crippen molar-refractivity contribution in [1.29, 1.82) is 0 Å². The Balaban J connectivity index is 1.82. The molecule has 2 aromatic rings. The number of aromatic nitrogens is 2. The third-order valence-electron chi connectivity index (χ3n) is 4.05. The number of carbonyl (C=O) groups excluding carboxylic acids is 1. The molecule has 1 aliphatic heterocycles. The Morgan fingerprint density at radius 1 is 1.28 bits per heavy atom. The van der Waals surface area contributed by atoms with Crippen LogP contribution < -0.4 is 10.2 Å². The summed E-state index contributed by atoms with van der Waals surface area (Å²) >= 11 is 12.2. The lowest BCUT2D eigenvalue weighted by Crippen LogP contribution is -2.40. The summed E-state index contributed by atoms with van der Waals surface area (Å²) in [6.07, 6.45) is 0.691.